The van der Waals surface area contributed by atoms with Crippen molar-refractivity contribution >= 4 is 15.7 Å². The van der Waals surface area contributed by atoms with Gasteiger partial charge in [0, 0.05) is 17.4 Å². The highest BCUT2D eigenvalue weighted by Gasteiger charge is 2.18. The average Bonchev–Trinajstić information content (AvgIpc) is 3.07. The monoisotopic (exact) mass is 391 g/mol. The third kappa shape index (κ3) is 3.87. The van der Waals surface area contributed by atoms with Gasteiger partial charge in [-0.1, -0.05) is 12.1 Å². The van der Waals surface area contributed by atoms with Crippen LogP contribution in [0.5, 0.6) is 0 Å². The fourth-order valence-electron chi connectivity index (χ4n) is 2.55. The van der Waals surface area contributed by atoms with Crippen LogP contribution in [0, 0.1) is 0 Å². The van der Waals surface area contributed by atoms with E-state index in [2.05, 4.69) is 5.10 Å². The van der Waals surface area contributed by atoms with E-state index in [9.17, 15) is 22.0 Å². The molecule has 9 heteroatoms. The highest BCUT2D eigenvalue weighted by molar-refractivity contribution is 7.90. The van der Waals surface area contributed by atoms with Crippen LogP contribution < -0.4 is 5.73 Å². The lowest BCUT2D eigenvalue weighted by molar-refractivity contribution is 0.1000. The van der Waals surface area contributed by atoms with Crippen LogP contribution in [0.3, 0.4) is 0 Å². The maximum absolute atomic E-state index is 13.2. The molecule has 1 aromatic heterocycles. The zero-order chi connectivity index (χ0) is 19.8. The van der Waals surface area contributed by atoms with Crippen molar-refractivity contribution in [1.82, 2.24) is 9.78 Å². The van der Waals surface area contributed by atoms with E-state index < -0.39 is 27.9 Å². The second-order valence-electron chi connectivity index (χ2n) is 5.87. The van der Waals surface area contributed by atoms with Gasteiger partial charge in [-0.3, -0.25) is 4.79 Å². The van der Waals surface area contributed by atoms with E-state index >= 15 is 0 Å². The van der Waals surface area contributed by atoms with Gasteiger partial charge >= 0.3 is 0 Å². The second kappa shape index (κ2) is 6.92. The number of carbonyl (C=O) groups is 1. The molecule has 0 saturated heterocycles. The molecule has 3 rings (SSSR count). The average molecular weight is 391 g/mol. The molecule has 0 aliphatic carbocycles. The number of benzene rings is 2. The third-order valence-electron chi connectivity index (χ3n) is 3.93. The number of sulfone groups is 1. The smallest absolute Gasteiger partial charge is 0.282 e. The first kappa shape index (κ1) is 18.7. The Morgan fingerprint density at radius 3 is 2.15 bits per heavy atom. The van der Waals surface area contributed by atoms with Crippen LogP contribution in [0.15, 0.2) is 59.5 Å². The minimum absolute atomic E-state index is 0.122. The van der Waals surface area contributed by atoms with Crippen LogP contribution >= 0.6 is 0 Å². The summed E-state index contributed by atoms with van der Waals surface area (Å²) in [5, 5.41) is 3.93. The predicted octanol–water partition coefficient (Wildman–Crippen LogP) is 2.98. The van der Waals surface area contributed by atoms with Gasteiger partial charge in [-0.2, -0.15) is 5.10 Å². The molecule has 0 fully saturated rings. The van der Waals surface area contributed by atoms with Gasteiger partial charge in [-0.05, 0) is 42.5 Å². The van der Waals surface area contributed by atoms with Gasteiger partial charge in [-0.25, -0.2) is 21.9 Å². The highest BCUT2D eigenvalue weighted by atomic mass is 32.2. The number of nitrogens with zero attached hydrogens (tertiary/aromatic N) is 2. The molecule has 0 aliphatic rings. The molecule has 6 nitrogen and oxygen atoms in total. The van der Waals surface area contributed by atoms with E-state index in [0.29, 0.717) is 16.9 Å². The van der Waals surface area contributed by atoms with E-state index in [1.165, 1.54) is 59.3 Å². The summed E-state index contributed by atoms with van der Waals surface area (Å²) >= 11 is 0. The van der Waals surface area contributed by atoms with Crippen molar-refractivity contribution in [2.24, 2.45) is 5.73 Å². The number of carbonyl (C=O) groups excluding carboxylic acids is 1. The Morgan fingerprint density at radius 2 is 1.67 bits per heavy atom. The van der Waals surface area contributed by atoms with Crippen LogP contribution in [-0.4, -0.2) is 30.4 Å². The standard InChI is InChI=1S/C18H15F2N3O3S/c1-27(25,26)14-8-4-11(5-9-14)16-10-15(17(19)20)22-23(16)13-6-2-12(3-7-13)18(21)24/h2-10,17H,1H3,(H2,21,24). The molecule has 1 amide bonds. The van der Waals surface area contributed by atoms with Gasteiger partial charge in [0.05, 0.1) is 16.3 Å². The van der Waals surface area contributed by atoms with Crippen molar-refractivity contribution in [3.63, 3.8) is 0 Å². The van der Waals surface area contributed by atoms with E-state index in [1.54, 1.807) is 0 Å². The molecule has 2 aromatic carbocycles. The van der Waals surface area contributed by atoms with Crippen molar-refractivity contribution in [2.75, 3.05) is 6.26 Å². The molecule has 0 bridgehead atoms. The van der Waals surface area contributed by atoms with Crippen molar-refractivity contribution in [1.29, 1.82) is 0 Å². The lowest BCUT2D eigenvalue weighted by Crippen LogP contribution is -2.11. The molecule has 3 aromatic rings. The molecular weight excluding hydrogens is 376 g/mol. The molecular formula is C18H15F2N3O3S. The molecule has 0 saturated carbocycles. The predicted molar refractivity (Wildman–Crippen MR) is 95.6 cm³/mol. The van der Waals surface area contributed by atoms with Gasteiger partial charge in [0.1, 0.15) is 5.69 Å². The van der Waals surface area contributed by atoms with Crippen molar-refractivity contribution < 1.29 is 22.0 Å². The molecule has 0 radical (unpaired) electrons. The Morgan fingerprint density at radius 1 is 1.07 bits per heavy atom. The minimum atomic E-state index is -3.37. The molecule has 2 N–H and O–H groups in total. The molecule has 27 heavy (non-hydrogen) atoms. The maximum atomic E-state index is 13.2. The first-order valence-electron chi connectivity index (χ1n) is 7.75. The van der Waals surface area contributed by atoms with E-state index in [4.69, 9.17) is 5.73 Å². The summed E-state index contributed by atoms with van der Waals surface area (Å²) in [6.45, 7) is 0. The fourth-order valence-corrected chi connectivity index (χ4v) is 3.18. The Bertz CT molecular complexity index is 1090. The van der Waals surface area contributed by atoms with Crippen molar-refractivity contribution in [3.8, 4) is 16.9 Å². The maximum Gasteiger partial charge on any atom is 0.282 e. The molecule has 140 valence electrons. The van der Waals surface area contributed by atoms with Gasteiger partial charge in [-0.15, -0.1) is 0 Å². The van der Waals surface area contributed by atoms with Crippen LogP contribution in [0.1, 0.15) is 22.5 Å². The van der Waals surface area contributed by atoms with Crippen LogP contribution in [0.4, 0.5) is 8.78 Å². The van der Waals surface area contributed by atoms with Crippen molar-refractivity contribution in [2.45, 2.75) is 11.3 Å². The lowest BCUT2D eigenvalue weighted by Gasteiger charge is -2.09. The quantitative estimate of drug-likeness (QED) is 0.723. The minimum Gasteiger partial charge on any atom is -0.366 e. The summed E-state index contributed by atoms with van der Waals surface area (Å²) in [5.41, 5.74) is 6.39. The fraction of sp³-hybridized carbons (Fsp3) is 0.111. The van der Waals surface area contributed by atoms with Gasteiger partial charge < -0.3 is 5.73 Å². The van der Waals surface area contributed by atoms with E-state index in [-0.39, 0.29) is 10.5 Å². The second-order valence-corrected chi connectivity index (χ2v) is 7.89. The number of nitrogens with two attached hydrogens (primary N) is 1. The van der Waals surface area contributed by atoms with Crippen LogP contribution in [0.25, 0.3) is 16.9 Å². The number of hydrogen-bond acceptors (Lipinski definition) is 4. The zero-order valence-electron chi connectivity index (χ0n) is 14.1. The lowest BCUT2D eigenvalue weighted by atomic mass is 10.1. The summed E-state index contributed by atoms with van der Waals surface area (Å²) < 4.78 is 50.8. The first-order valence-corrected chi connectivity index (χ1v) is 9.65. The third-order valence-corrected chi connectivity index (χ3v) is 5.05. The Hall–Kier alpha value is -3.07. The number of alkyl halides is 2. The summed E-state index contributed by atoms with van der Waals surface area (Å²) in [4.78, 5) is 11.3. The van der Waals surface area contributed by atoms with Crippen LogP contribution in [-0.2, 0) is 9.84 Å². The molecule has 0 atom stereocenters. The number of primary amides is 1. The number of rotatable bonds is 5. The van der Waals surface area contributed by atoms with Gasteiger partial charge in [0.25, 0.3) is 6.43 Å². The van der Waals surface area contributed by atoms with Gasteiger partial charge in [0.15, 0.2) is 9.84 Å². The number of halogens is 2. The summed E-state index contributed by atoms with van der Waals surface area (Å²) in [6.07, 6.45) is -1.69. The summed E-state index contributed by atoms with van der Waals surface area (Å²) in [6, 6.07) is 13.1. The zero-order valence-corrected chi connectivity index (χ0v) is 15.0. The number of aromatic nitrogens is 2. The normalized spacial score (nSPS) is 11.7. The molecule has 0 spiro atoms. The molecule has 1 heterocycles. The molecule has 0 unspecified atom stereocenters. The van der Waals surface area contributed by atoms with E-state index in [1.807, 2.05) is 0 Å². The Labute approximate surface area is 154 Å². The largest absolute Gasteiger partial charge is 0.366 e. The molecule has 0 aliphatic heterocycles. The highest BCUT2D eigenvalue weighted by Crippen LogP contribution is 2.29. The Balaban J connectivity index is 2.11. The number of amides is 1. The van der Waals surface area contributed by atoms with E-state index in [0.717, 1.165) is 6.26 Å². The topological polar surface area (TPSA) is 95.1 Å². The van der Waals surface area contributed by atoms with Crippen LogP contribution in [0.2, 0.25) is 0 Å². The number of hydrogen-bond donors (Lipinski definition) is 1. The summed E-state index contributed by atoms with van der Waals surface area (Å²) in [5.74, 6) is -0.605. The Kier molecular flexibility index (Phi) is 4.79. The first-order chi connectivity index (χ1) is 12.7. The van der Waals surface area contributed by atoms with Crippen molar-refractivity contribution in [3.05, 3.63) is 65.9 Å². The van der Waals surface area contributed by atoms with Gasteiger partial charge in [0.2, 0.25) is 5.91 Å². The SMILES string of the molecule is CS(=O)(=O)c1ccc(-c2cc(C(F)F)nn2-c2ccc(C(N)=O)cc2)cc1. The summed E-state index contributed by atoms with van der Waals surface area (Å²) in [7, 11) is -3.37.